The Kier molecular flexibility index (Phi) is 7.05. The first kappa shape index (κ1) is 23.8. The summed E-state index contributed by atoms with van der Waals surface area (Å²) >= 11 is 0. The third kappa shape index (κ3) is 6.34. The zero-order valence-corrected chi connectivity index (χ0v) is 18.9. The number of non-ortho nitro benzene ring substituents is 1. The molecule has 2 aromatic rings. The molecule has 2 atom stereocenters. The van der Waals surface area contributed by atoms with Crippen LogP contribution < -0.4 is 15.0 Å². The number of nitro groups is 1. The van der Waals surface area contributed by atoms with Gasteiger partial charge in [0.25, 0.3) is 5.69 Å². The van der Waals surface area contributed by atoms with Crippen LogP contribution in [0.25, 0.3) is 0 Å². The normalized spacial score (nSPS) is 16.7. The maximum absolute atomic E-state index is 12.6. The fourth-order valence-electron chi connectivity index (χ4n) is 3.22. The highest BCUT2D eigenvalue weighted by atomic mass is 16.6. The molecule has 0 radical (unpaired) electrons. The predicted molar refractivity (Wildman–Crippen MR) is 120 cm³/mol. The number of benzene rings is 2. The summed E-state index contributed by atoms with van der Waals surface area (Å²) in [6.07, 6.45) is -1.91. The lowest BCUT2D eigenvalue weighted by Crippen LogP contribution is -2.45. The highest BCUT2D eigenvalue weighted by Gasteiger charge is 2.38. The molecule has 2 amide bonds. The zero-order valence-electron chi connectivity index (χ0n) is 18.9. The Morgan fingerprint density at radius 3 is 2.61 bits per heavy atom. The molecular formula is C23H27N3O7. The van der Waals surface area contributed by atoms with Gasteiger partial charge in [-0.3, -0.25) is 15.0 Å². The Morgan fingerprint density at radius 2 is 1.97 bits per heavy atom. The number of cyclic esters (lactones) is 1. The summed E-state index contributed by atoms with van der Waals surface area (Å²) in [5, 5.41) is 13.9. The standard InChI is InChI=1S/C23H27N3O7/c1-15(24-21(27)33-23(2,3)4)20-13-25(22(28)32-20)18-11-10-17(26(29)30)12-19(18)31-14-16-8-6-5-7-9-16/h5-12,15,20H,13-14H2,1-4H3,(H,24,27)/t15?,20-/m0/s1. The molecule has 1 aliphatic rings. The number of carbonyl (C=O) groups excluding carboxylic acids is 2. The highest BCUT2D eigenvalue weighted by molar-refractivity contribution is 5.92. The number of carbonyl (C=O) groups is 2. The molecule has 0 bridgehead atoms. The van der Waals surface area contributed by atoms with Gasteiger partial charge in [0, 0.05) is 6.07 Å². The van der Waals surface area contributed by atoms with Crippen molar-refractivity contribution >= 4 is 23.6 Å². The maximum atomic E-state index is 12.6. The Hall–Kier alpha value is -3.82. The molecule has 0 saturated carbocycles. The van der Waals surface area contributed by atoms with Gasteiger partial charge >= 0.3 is 12.2 Å². The van der Waals surface area contributed by atoms with E-state index in [0.29, 0.717) is 5.69 Å². The predicted octanol–water partition coefficient (Wildman–Crippen LogP) is 4.41. The van der Waals surface area contributed by atoms with Gasteiger partial charge in [0.2, 0.25) is 0 Å². The summed E-state index contributed by atoms with van der Waals surface area (Å²) in [6.45, 7) is 7.24. The molecule has 1 N–H and O–H groups in total. The van der Waals surface area contributed by atoms with Crippen LogP contribution in [-0.2, 0) is 16.1 Å². The van der Waals surface area contributed by atoms with Gasteiger partial charge in [0.1, 0.15) is 18.3 Å². The molecule has 2 aromatic carbocycles. The molecule has 1 saturated heterocycles. The number of nitrogens with one attached hydrogen (secondary N) is 1. The van der Waals surface area contributed by atoms with Crippen molar-refractivity contribution in [3.63, 3.8) is 0 Å². The van der Waals surface area contributed by atoms with Crippen LogP contribution in [0.2, 0.25) is 0 Å². The van der Waals surface area contributed by atoms with E-state index < -0.39 is 34.9 Å². The Labute approximate surface area is 191 Å². The summed E-state index contributed by atoms with van der Waals surface area (Å²) in [5.41, 5.74) is 0.387. The molecule has 1 aliphatic heterocycles. The van der Waals surface area contributed by atoms with E-state index >= 15 is 0 Å². The molecule has 176 valence electrons. The van der Waals surface area contributed by atoms with E-state index in [1.54, 1.807) is 27.7 Å². The molecular weight excluding hydrogens is 430 g/mol. The quantitative estimate of drug-likeness (QED) is 0.483. The lowest BCUT2D eigenvalue weighted by molar-refractivity contribution is -0.384. The van der Waals surface area contributed by atoms with Gasteiger partial charge < -0.3 is 19.5 Å². The fourth-order valence-corrected chi connectivity index (χ4v) is 3.22. The van der Waals surface area contributed by atoms with Crippen LogP contribution in [-0.4, -0.2) is 41.4 Å². The number of nitro benzene ring substituents is 1. The maximum Gasteiger partial charge on any atom is 0.414 e. The molecule has 0 aliphatic carbocycles. The molecule has 0 spiro atoms. The van der Waals surface area contributed by atoms with Crippen molar-refractivity contribution in [2.75, 3.05) is 11.4 Å². The van der Waals surface area contributed by atoms with Gasteiger partial charge in [-0.25, -0.2) is 9.59 Å². The SMILES string of the molecule is CC(NC(=O)OC(C)(C)C)[C@@H]1CN(c2ccc([N+](=O)[O-])cc2OCc2ccccc2)C(=O)O1. The fraction of sp³-hybridized carbons (Fsp3) is 0.391. The van der Waals surface area contributed by atoms with Gasteiger partial charge in [-0.2, -0.15) is 0 Å². The monoisotopic (exact) mass is 457 g/mol. The second-order valence-corrected chi connectivity index (χ2v) is 8.65. The molecule has 0 aromatic heterocycles. The second kappa shape index (κ2) is 9.76. The summed E-state index contributed by atoms with van der Waals surface area (Å²) in [6, 6.07) is 12.8. The Morgan fingerprint density at radius 1 is 1.27 bits per heavy atom. The van der Waals surface area contributed by atoms with E-state index in [0.717, 1.165) is 5.56 Å². The van der Waals surface area contributed by atoms with Crippen LogP contribution in [0, 0.1) is 10.1 Å². The topological polar surface area (TPSA) is 120 Å². The highest BCUT2D eigenvalue weighted by Crippen LogP contribution is 2.35. The largest absolute Gasteiger partial charge is 0.486 e. The van der Waals surface area contributed by atoms with E-state index in [1.165, 1.54) is 23.1 Å². The zero-order chi connectivity index (χ0) is 24.2. The minimum absolute atomic E-state index is 0.120. The van der Waals surface area contributed by atoms with Crippen LogP contribution in [0.3, 0.4) is 0 Å². The van der Waals surface area contributed by atoms with Crippen molar-refractivity contribution in [3.8, 4) is 5.75 Å². The minimum atomic E-state index is -0.661. The lowest BCUT2D eigenvalue weighted by Gasteiger charge is -2.24. The third-order valence-electron chi connectivity index (χ3n) is 4.82. The van der Waals surface area contributed by atoms with Crippen LogP contribution in [0.5, 0.6) is 5.75 Å². The molecule has 1 unspecified atom stereocenters. The van der Waals surface area contributed by atoms with Gasteiger partial charge in [-0.05, 0) is 39.3 Å². The first-order valence-electron chi connectivity index (χ1n) is 10.5. The van der Waals surface area contributed by atoms with Gasteiger partial charge in [-0.15, -0.1) is 0 Å². The smallest absolute Gasteiger partial charge is 0.414 e. The average Bonchev–Trinajstić information content (AvgIpc) is 3.13. The Bertz CT molecular complexity index is 1020. The van der Waals surface area contributed by atoms with Crippen LogP contribution >= 0.6 is 0 Å². The summed E-state index contributed by atoms with van der Waals surface area (Å²) in [4.78, 5) is 36.7. The third-order valence-corrected chi connectivity index (χ3v) is 4.82. The second-order valence-electron chi connectivity index (χ2n) is 8.65. The number of ether oxygens (including phenoxy) is 3. The molecule has 10 heteroatoms. The van der Waals surface area contributed by atoms with Crippen LogP contribution in [0.15, 0.2) is 48.5 Å². The van der Waals surface area contributed by atoms with Gasteiger partial charge in [0.05, 0.1) is 29.3 Å². The van der Waals surface area contributed by atoms with Crippen molar-refractivity contribution in [2.45, 2.75) is 52.0 Å². The molecule has 3 rings (SSSR count). The number of hydrogen-bond donors (Lipinski definition) is 1. The summed E-state index contributed by atoms with van der Waals surface area (Å²) in [5.74, 6) is 0.179. The minimum Gasteiger partial charge on any atom is -0.486 e. The molecule has 10 nitrogen and oxygen atoms in total. The van der Waals surface area contributed by atoms with Crippen molar-refractivity contribution in [3.05, 3.63) is 64.2 Å². The van der Waals surface area contributed by atoms with E-state index in [9.17, 15) is 19.7 Å². The first-order valence-corrected chi connectivity index (χ1v) is 10.5. The van der Waals surface area contributed by atoms with E-state index in [2.05, 4.69) is 5.32 Å². The van der Waals surface area contributed by atoms with Gasteiger partial charge in [-0.1, -0.05) is 30.3 Å². The van der Waals surface area contributed by atoms with Crippen LogP contribution in [0.4, 0.5) is 21.0 Å². The lowest BCUT2D eigenvalue weighted by atomic mass is 10.1. The van der Waals surface area contributed by atoms with E-state index in [-0.39, 0.29) is 24.6 Å². The van der Waals surface area contributed by atoms with E-state index in [4.69, 9.17) is 14.2 Å². The Balaban J connectivity index is 1.76. The number of nitrogens with zero attached hydrogens (tertiary/aromatic N) is 2. The molecule has 1 fully saturated rings. The number of hydrogen-bond acceptors (Lipinski definition) is 7. The van der Waals surface area contributed by atoms with E-state index in [1.807, 2.05) is 30.3 Å². The summed E-state index contributed by atoms with van der Waals surface area (Å²) < 4.78 is 16.5. The first-order chi connectivity index (χ1) is 15.5. The number of rotatable bonds is 7. The molecule has 33 heavy (non-hydrogen) atoms. The summed E-state index contributed by atoms with van der Waals surface area (Å²) in [7, 11) is 0. The number of anilines is 1. The van der Waals surface area contributed by atoms with Crippen LogP contribution in [0.1, 0.15) is 33.3 Å². The van der Waals surface area contributed by atoms with Crippen molar-refractivity contribution in [2.24, 2.45) is 0 Å². The van der Waals surface area contributed by atoms with Crippen molar-refractivity contribution < 1.29 is 28.7 Å². The number of amides is 2. The average molecular weight is 457 g/mol. The van der Waals surface area contributed by atoms with Crippen molar-refractivity contribution in [1.29, 1.82) is 0 Å². The molecule has 1 heterocycles. The van der Waals surface area contributed by atoms with Gasteiger partial charge in [0.15, 0.2) is 5.75 Å². The van der Waals surface area contributed by atoms with Crippen molar-refractivity contribution in [1.82, 2.24) is 5.32 Å². The number of alkyl carbamates (subject to hydrolysis) is 1.